The highest BCUT2D eigenvalue weighted by Gasteiger charge is 2.07. The van der Waals surface area contributed by atoms with Gasteiger partial charge in [0.1, 0.15) is 11.7 Å². The highest BCUT2D eigenvalue weighted by atomic mass is 15.2. The molecule has 3 N–H and O–H groups in total. The van der Waals surface area contributed by atoms with Crippen LogP contribution < -0.4 is 10.6 Å². The molecule has 14 heavy (non-hydrogen) atoms. The topological polar surface area (TPSA) is 66.0 Å². The Morgan fingerprint density at radius 3 is 2.71 bits per heavy atom. The number of nitrogens with zero attached hydrogens (tertiary/aromatic N) is 2. The van der Waals surface area contributed by atoms with Gasteiger partial charge in [0.25, 0.3) is 0 Å². The molecule has 1 rings (SSSR count). The molecular weight excluding hydrogens is 176 g/mol. The molecule has 0 amide bonds. The van der Waals surface area contributed by atoms with Crippen molar-refractivity contribution in [3.8, 4) is 0 Å². The molecule has 0 aliphatic heterocycles. The van der Waals surface area contributed by atoms with E-state index in [0.717, 1.165) is 5.82 Å². The fraction of sp³-hybridized carbons (Fsp3) is 0.400. The van der Waals surface area contributed by atoms with Gasteiger partial charge in [-0.2, -0.15) is 0 Å². The lowest BCUT2D eigenvalue weighted by atomic mass is 10.2. The predicted molar refractivity (Wildman–Crippen MR) is 58.8 cm³/mol. The monoisotopic (exact) mass is 192 g/mol. The van der Waals surface area contributed by atoms with Crippen LogP contribution in [0.4, 0.5) is 5.82 Å². The van der Waals surface area contributed by atoms with Crippen LogP contribution in [0.15, 0.2) is 18.3 Å². The summed E-state index contributed by atoms with van der Waals surface area (Å²) in [6.07, 6.45) is 1.67. The fourth-order valence-corrected chi connectivity index (χ4v) is 1.04. The molecule has 0 aliphatic rings. The third-order valence-corrected chi connectivity index (χ3v) is 2.19. The third-order valence-electron chi connectivity index (χ3n) is 2.19. The van der Waals surface area contributed by atoms with Crippen molar-refractivity contribution >= 4 is 11.7 Å². The minimum absolute atomic E-state index is 0.0748. The number of amidine groups is 1. The molecule has 0 radical (unpaired) electrons. The number of pyridine rings is 1. The van der Waals surface area contributed by atoms with E-state index >= 15 is 0 Å². The molecule has 1 aromatic heterocycles. The van der Waals surface area contributed by atoms with Gasteiger partial charge in [-0.25, -0.2) is 4.98 Å². The number of aromatic nitrogens is 1. The van der Waals surface area contributed by atoms with Crippen LogP contribution in [0.2, 0.25) is 0 Å². The maximum atomic E-state index is 7.31. The second-order valence-electron chi connectivity index (χ2n) is 3.52. The number of nitrogens with two attached hydrogens (primary N) is 1. The van der Waals surface area contributed by atoms with E-state index in [0.29, 0.717) is 11.6 Å². The highest BCUT2D eigenvalue weighted by molar-refractivity contribution is 5.95. The van der Waals surface area contributed by atoms with Crippen LogP contribution in [0.1, 0.15) is 19.4 Å². The van der Waals surface area contributed by atoms with Crippen LogP contribution in [-0.2, 0) is 0 Å². The minimum atomic E-state index is 0.0748. The van der Waals surface area contributed by atoms with E-state index < -0.39 is 0 Å². The smallest absolute Gasteiger partial charge is 0.129 e. The lowest BCUT2D eigenvalue weighted by molar-refractivity contribution is 0.743. The molecule has 0 aliphatic carbocycles. The van der Waals surface area contributed by atoms with Crippen molar-refractivity contribution in [2.45, 2.75) is 19.9 Å². The van der Waals surface area contributed by atoms with Gasteiger partial charge < -0.3 is 10.6 Å². The first-order valence-corrected chi connectivity index (χ1v) is 4.55. The number of hydrogen-bond donors (Lipinski definition) is 2. The van der Waals surface area contributed by atoms with Gasteiger partial charge in [0.2, 0.25) is 0 Å². The summed E-state index contributed by atoms with van der Waals surface area (Å²) in [5.41, 5.74) is 6.11. The minimum Gasteiger partial charge on any atom is -0.384 e. The van der Waals surface area contributed by atoms with Crippen LogP contribution in [0.3, 0.4) is 0 Å². The summed E-state index contributed by atoms with van der Waals surface area (Å²) in [5.74, 6) is 0.915. The van der Waals surface area contributed by atoms with E-state index in [-0.39, 0.29) is 5.84 Å². The van der Waals surface area contributed by atoms with Gasteiger partial charge in [0.15, 0.2) is 0 Å². The zero-order valence-electron chi connectivity index (χ0n) is 8.78. The molecule has 0 bridgehead atoms. The molecule has 0 aromatic carbocycles. The fourth-order valence-electron chi connectivity index (χ4n) is 1.04. The number of nitrogens with one attached hydrogen (secondary N) is 1. The van der Waals surface area contributed by atoms with Crippen molar-refractivity contribution in [1.29, 1.82) is 5.41 Å². The van der Waals surface area contributed by atoms with E-state index in [4.69, 9.17) is 11.1 Å². The molecule has 1 aromatic rings. The zero-order chi connectivity index (χ0) is 10.7. The average Bonchev–Trinajstić information content (AvgIpc) is 2.16. The van der Waals surface area contributed by atoms with Gasteiger partial charge >= 0.3 is 0 Å². The first-order chi connectivity index (χ1) is 6.52. The number of rotatable bonds is 3. The van der Waals surface area contributed by atoms with Crippen LogP contribution in [0.5, 0.6) is 0 Å². The Balaban J connectivity index is 2.99. The van der Waals surface area contributed by atoms with Crippen molar-refractivity contribution < 1.29 is 0 Å². The summed E-state index contributed by atoms with van der Waals surface area (Å²) in [4.78, 5) is 6.25. The molecule has 1 heterocycles. The van der Waals surface area contributed by atoms with E-state index in [2.05, 4.69) is 18.8 Å². The highest BCUT2D eigenvalue weighted by Crippen LogP contribution is 2.12. The Morgan fingerprint density at radius 2 is 2.21 bits per heavy atom. The van der Waals surface area contributed by atoms with E-state index in [9.17, 15) is 0 Å². The van der Waals surface area contributed by atoms with Crippen molar-refractivity contribution in [3.63, 3.8) is 0 Å². The van der Waals surface area contributed by atoms with Gasteiger partial charge in [0, 0.05) is 24.8 Å². The summed E-state index contributed by atoms with van der Waals surface area (Å²) < 4.78 is 0. The molecule has 0 unspecified atom stereocenters. The average molecular weight is 192 g/mol. The normalized spacial score (nSPS) is 10.3. The Bertz CT molecular complexity index is 333. The van der Waals surface area contributed by atoms with E-state index in [1.54, 1.807) is 12.3 Å². The summed E-state index contributed by atoms with van der Waals surface area (Å²) in [6.45, 7) is 4.17. The molecule has 76 valence electrons. The van der Waals surface area contributed by atoms with Crippen LogP contribution in [-0.4, -0.2) is 23.9 Å². The molecule has 0 atom stereocenters. The molecular formula is C10H16N4. The molecule has 0 spiro atoms. The second-order valence-corrected chi connectivity index (χ2v) is 3.52. The van der Waals surface area contributed by atoms with Gasteiger partial charge in [-0.15, -0.1) is 0 Å². The van der Waals surface area contributed by atoms with Crippen LogP contribution in [0.25, 0.3) is 0 Å². The summed E-state index contributed by atoms with van der Waals surface area (Å²) in [5, 5.41) is 7.31. The van der Waals surface area contributed by atoms with Gasteiger partial charge in [-0.3, -0.25) is 5.41 Å². The number of anilines is 1. The van der Waals surface area contributed by atoms with Gasteiger partial charge in [-0.05, 0) is 26.0 Å². The SMILES string of the molecule is CC(C)N(C)c1cc(C(=N)N)ccn1. The Hall–Kier alpha value is -1.58. The number of hydrogen-bond acceptors (Lipinski definition) is 3. The standard InChI is InChI=1S/C10H16N4/c1-7(2)14(3)9-6-8(10(11)12)4-5-13-9/h4-7H,1-3H3,(H3,11,12). The Kier molecular flexibility index (Phi) is 3.06. The largest absolute Gasteiger partial charge is 0.384 e. The van der Waals surface area contributed by atoms with Gasteiger partial charge in [-0.1, -0.05) is 0 Å². The zero-order valence-corrected chi connectivity index (χ0v) is 8.78. The van der Waals surface area contributed by atoms with Gasteiger partial charge in [0.05, 0.1) is 0 Å². The number of nitrogen functional groups attached to an aromatic ring is 1. The summed E-state index contributed by atoms with van der Waals surface area (Å²) in [7, 11) is 1.97. The third kappa shape index (κ3) is 2.22. The molecule has 4 heteroatoms. The first-order valence-electron chi connectivity index (χ1n) is 4.55. The van der Waals surface area contributed by atoms with Crippen molar-refractivity contribution in [2.75, 3.05) is 11.9 Å². The maximum Gasteiger partial charge on any atom is 0.129 e. The van der Waals surface area contributed by atoms with E-state index in [1.807, 2.05) is 18.0 Å². The Morgan fingerprint density at radius 1 is 1.57 bits per heavy atom. The second kappa shape index (κ2) is 4.09. The Labute approximate surface area is 84.3 Å². The van der Waals surface area contributed by atoms with Crippen molar-refractivity contribution in [1.82, 2.24) is 4.98 Å². The molecule has 0 saturated carbocycles. The summed E-state index contributed by atoms with van der Waals surface area (Å²) in [6, 6.07) is 3.94. The van der Waals surface area contributed by atoms with Crippen LogP contribution in [0, 0.1) is 5.41 Å². The summed E-state index contributed by atoms with van der Waals surface area (Å²) >= 11 is 0. The van der Waals surface area contributed by atoms with Crippen molar-refractivity contribution in [2.24, 2.45) is 5.73 Å². The molecule has 4 nitrogen and oxygen atoms in total. The van der Waals surface area contributed by atoms with Crippen LogP contribution >= 0.6 is 0 Å². The van der Waals surface area contributed by atoms with Crippen molar-refractivity contribution in [3.05, 3.63) is 23.9 Å². The lowest BCUT2D eigenvalue weighted by Gasteiger charge is -2.22. The quantitative estimate of drug-likeness (QED) is 0.559. The predicted octanol–water partition coefficient (Wildman–Crippen LogP) is 1.21. The maximum absolute atomic E-state index is 7.31. The lowest BCUT2D eigenvalue weighted by Crippen LogP contribution is -2.27. The first kappa shape index (κ1) is 10.5. The van der Waals surface area contributed by atoms with E-state index in [1.165, 1.54) is 0 Å². The molecule has 0 saturated heterocycles. The molecule has 0 fully saturated rings.